The lowest BCUT2D eigenvalue weighted by molar-refractivity contribution is 0.406. The van der Waals surface area contributed by atoms with Gasteiger partial charge in [-0.05, 0) is 80.5 Å². The molecule has 33 heavy (non-hydrogen) atoms. The number of benzene rings is 2. The number of aromatic nitrogens is 1. The van der Waals surface area contributed by atoms with Gasteiger partial charge in [-0.2, -0.15) is 0 Å². The second kappa shape index (κ2) is 8.93. The van der Waals surface area contributed by atoms with Crippen LogP contribution >= 0.6 is 11.3 Å². The largest absolute Gasteiger partial charge is 0.496 e. The SMILES string of the molecule is C#CC(N)(c1nc(-c2cc(C)c(OC)cc2C)c(C)s1)[C@@H](CC1CC1)c1cccc(F)c1C. The maximum atomic E-state index is 14.5. The molecule has 1 unspecified atom stereocenters. The van der Waals surface area contributed by atoms with Crippen molar-refractivity contribution in [2.45, 2.75) is 58.4 Å². The molecule has 3 nitrogen and oxygen atoms in total. The molecule has 1 fully saturated rings. The summed E-state index contributed by atoms with van der Waals surface area (Å²) in [7, 11) is 1.68. The van der Waals surface area contributed by atoms with Gasteiger partial charge in [-0.1, -0.05) is 30.9 Å². The summed E-state index contributed by atoms with van der Waals surface area (Å²) in [5.41, 5.74) is 11.5. The van der Waals surface area contributed by atoms with Crippen LogP contribution in [0.1, 0.15) is 57.3 Å². The molecular formula is C28H31FN2OS. The van der Waals surface area contributed by atoms with Crippen LogP contribution in [-0.4, -0.2) is 12.1 Å². The van der Waals surface area contributed by atoms with Gasteiger partial charge in [0.2, 0.25) is 0 Å². The first-order chi connectivity index (χ1) is 15.7. The number of thiazole rings is 1. The quantitative estimate of drug-likeness (QED) is 0.404. The van der Waals surface area contributed by atoms with Gasteiger partial charge in [0.05, 0.1) is 12.8 Å². The number of halogens is 1. The molecule has 4 rings (SSSR count). The van der Waals surface area contributed by atoms with Gasteiger partial charge < -0.3 is 10.5 Å². The van der Waals surface area contributed by atoms with Gasteiger partial charge in [0, 0.05) is 16.4 Å². The van der Waals surface area contributed by atoms with Crippen molar-refractivity contribution in [2.75, 3.05) is 7.11 Å². The number of aryl methyl sites for hydroxylation is 3. The van der Waals surface area contributed by atoms with Crippen molar-refractivity contribution in [1.29, 1.82) is 0 Å². The van der Waals surface area contributed by atoms with E-state index >= 15 is 0 Å². The molecular weight excluding hydrogens is 431 g/mol. The lowest BCUT2D eigenvalue weighted by atomic mass is 9.76. The van der Waals surface area contributed by atoms with Gasteiger partial charge in [-0.15, -0.1) is 17.8 Å². The minimum atomic E-state index is -1.12. The minimum Gasteiger partial charge on any atom is -0.496 e. The van der Waals surface area contributed by atoms with Gasteiger partial charge in [0.1, 0.15) is 22.1 Å². The molecule has 1 aliphatic carbocycles. The Morgan fingerprint density at radius 3 is 2.61 bits per heavy atom. The Labute approximate surface area is 200 Å². The van der Waals surface area contributed by atoms with Gasteiger partial charge in [-0.3, -0.25) is 0 Å². The minimum absolute atomic E-state index is 0.206. The number of terminal acetylenes is 1. The van der Waals surface area contributed by atoms with Crippen molar-refractivity contribution >= 4 is 11.3 Å². The van der Waals surface area contributed by atoms with Gasteiger partial charge in [0.25, 0.3) is 0 Å². The molecule has 2 atom stereocenters. The molecule has 0 radical (unpaired) electrons. The highest BCUT2D eigenvalue weighted by Crippen LogP contribution is 2.48. The Balaban J connectivity index is 1.83. The smallest absolute Gasteiger partial charge is 0.136 e. The second-order valence-electron chi connectivity index (χ2n) is 9.26. The molecule has 0 saturated heterocycles. The Morgan fingerprint density at radius 2 is 1.97 bits per heavy atom. The van der Waals surface area contributed by atoms with E-state index in [1.165, 1.54) is 6.07 Å². The number of nitrogens with two attached hydrogens (primary N) is 1. The molecule has 1 aromatic heterocycles. The zero-order valence-electron chi connectivity index (χ0n) is 20.0. The number of ether oxygens (including phenoxy) is 1. The fourth-order valence-electron chi connectivity index (χ4n) is 4.65. The molecule has 1 aliphatic rings. The Hall–Kier alpha value is -2.68. The highest BCUT2D eigenvalue weighted by atomic mass is 32.1. The molecule has 1 saturated carbocycles. The topological polar surface area (TPSA) is 48.1 Å². The van der Waals surface area contributed by atoms with Crippen molar-refractivity contribution in [3.05, 3.63) is 68.3 Å². The fourth-order valence-corrected chi connectivity index (χ4v) is 5.70. The van der Waals surface area contributed by atoms with Gasteiger partial charge >= 0.3 is 0 Å². The molecule has 2 aromatic carbocycles. The summed E-state index contributed by atoms with van der Waals surface area (Å²) in [5, 5.41) is 0.708. The molecule has 0 amide bonds. The zero-order valence-corrected chi connectivity index (χ0v) is 20.8. The van der Waals surface area contributed by atoms with Crippen molar-refractivity contribution in [2.24, 2.45) is 11.7 Å². The average Bonchev–Trinajstić information content (AvgIpc) is 3.54. The Morgan fingerprint density at radius 1 is 1.24 bits per heavy atom. The summed E-state index contributed by atoms with van der Waals surface area (Å²) in [6.45, 7) is 7.94. The first-order valence-corrected chi connectivity index (χ1v) is 12.2. The number of hydrogen-bond acceptors (Lipinski definition) is 4. The Bertz CT molecular complexity index is 1240. The van der Waals surface area contributed by atoms with Gasteiger partial charge in [-0.25, -0.2) is 9.37 Å². The highest BCUT2D eigenvalue weighted by Gasteiger charge is 2.43. The third-order valence-electron chi connectivity index (χ3n) is 6.89. The molecule has 3 aromatic rings. The fraction of sp³-hybridized carbons (Fsp3) is 0.393. The van der Waals surface area contributed by atoms with Crippen LogP contribution in [0.5, 0.6) is 5.75 Å². The maximum absolute atomic E-state index is 14.5. The van der Waals surface area contributed by atoms with E-state index in [0.717, 1.165) is 57.8 Å². The van der Waals surface area contributed by atoms with Gasteiger partial charge in [0.15, 0.2) is 0 Å². The molecule has 172 valence electrons. The first kappa shape index (κ1) is 23.5. The summed E-state index contributed by atoms with van der Waals surface area (Å²) >= 11 is 1.54. The van der Waals surface area contributed by atoms with E-state index < -0.39 is 5.54 Å². The van der Waals surface area contributed by atoms with E-state index in [0.29, 0.717) is 16.5 Å². The van der Waals surface area contributed by atoms with Crippen molar-refractivity contribution < 1.29 is 9.13 Å². The lowest BCUT2D eigenvalue weighted by Gasteiger charge is -2.33. The standard InChI is InChI=1S/C28H31FN2OS/c1-7-28(30,23(15-20-11-12-20)21-9-8-10-24(29)18(21)4)27-31-26(19(5)33-27)22-13-17(3)25(32-6)14-16(22)2/h1,8-10,13-14,20,23H,11-12,15,30H2,2-6H3/t23-,28?/m0/s1. The highest BCUT2D eigenvalue weighted by molar-refractivity contribution is 7.12. The van der Waals surface area contributed by atoms with Crippen LogP contribution in [0.15, 0.2) is 30.3 Å². The van der Waals surface area contributed by atoms with E-state index in [4.69, 9.17) is 21.9 Å². The predicted molar refractivity (Wildman–Crippen MR) is 134 cm³/mol. The summed E-state index contributed by atoms with van der Waals surface area (Å²) in [5.74, 6) is 3.88. The molecule has 0 bridgehead atoms. The van der Waals surface area contributed by atoms with Crippen LogP contribution < -0.4 is 10.5 Å². The second-order valence-corrected chi connectivity index (χ2v) is 10.5. The normalized spacial score (nSPS) is 16.2. The molecule has 0 aliphatic heterocycles. The zero-order chi connectivity index (χ0) is 23.9. The summed E-state index contributed by atoms with van der Waals surface area (Å²) < 4.78 is 20.0. The van der Waals surface area contributed by atoms with Crippen LogP contribution in [0, 0.1) is 51.8 Å². The third kappa shape index (κ3) is 4.30. The van der Waals surface area contributed by atoms with E-state index in [2.05, 4.69) is 25.8 Å². The predicted octanol–water partition coefficient (Wildman–Crippen LogP) is 6.56. The monoisotopic (exact) mass is 462 g/mol. The van der Waals surface area contributed by atoms with E-state index in [1.807, 2.05) is 26.0 Å². The first-order valence-electron chi connectivity index (χ1n) is 11.3. The number of methoxy groups -OCH3 is 1. The maximum Gasteiger partial charge on any atom is 0.136 e. The third-order valence-corrected chi connectivity index (χ3v) is 8.01. The number of rotatable bonds is 7. The van der Waals surface area contributed by atoms with E-state index in [1.54, 1.807) is 24.5 Å². The van der Waals surface area contributed by atoms with Crippen LogP contribution in [0.4, 0.5) is 4.39 Å². The van der Waals surface area contributed by atoms with Crippen molar-refractivity contribution in [3.63, 3.8) is 0 Å². The lowest BCUT2D eigenvalue weighted by Crippen LogP contribution is -2.42. The van der Waals surface area contributed by atoms with Crippen molar-refractivity contribution in [1.82, 2.24) is 4.98 Å². The number of hydrogen-bond donors (Lipinski definition) is 1. The molecule has 1 heterocycles. The number of nitrogens with zero attached hydrogens (tertiary/aromatic N) is 1. The van der Waals surface area contributed by atoms with Crippen LogP contribution in [0.3, 0.4) is 0 Å². The summed E-state index contributed by atoms with van der Waals surface area (Å²) in [4.78, 5) is 6.08. The Kier molecular flexibility index (Phi) is 6.35. The summed E-state index contributed by atoms with van der Waals surface area (Å²) in [6, 6.07) is 9.33. The van der Waals surface area contributed by atoms with Crippen LogP contribution in [-0.2, 0) is 5.54 Å². The van der Waals surface area contributed by atoms with Crippen LogP contribution in [0.2, 0.25) is 0 Å². The average molecular weight is 463 g/mol. The van der Waals surface area contributed by atoms with E-state index in [-0.39, 0.29) is 11.7 Å². The molecule has 0 spiro atoms. The summed E-state index contributed by atoms with van der Waals surface area (Å²) in [6.07, 6.45) is 9.30. The molecule has 5 heteroatoms. The van der Waals surface area contributed by atoms with E-state index in [9.17, 15) is 4.39 Å². The molecule has 2 N–H and O–H groups in total. The van der Waals surface area contributed by atoms with Crippen molar-refractivity contribution in [3.8, 4) is 29.4 Å². The van der Waals surface area contributed by atoms with Crippen LogP contribution in [0.25, 0.3) is 11.3 Å².